The number of fused-ring (bicyclic) bond motifs is 10. The molecule has 10 heteroatoms. The highest BCUT2D eigenvalue weighted by Gasteiger charge is 2.62. The topological polar surface area (TPSA) is 160 Å². The second-order valence-corrected chi connectivity index (χ2v) is 14.9. The van der Waals surface area contributed by atoms with Crippen molar-refractivity contribution in [2.75, 3.05) is 6.54 Å². The van der Waals surface area contributed by atoms with Crippen molar-refractivity contribution in [2.45, 2.75) is 122 Å². The molecule has 2 bridgehead atoms. The Hall–Kier alpha value is -2.08. The molecule has 0 aromatic rings. The number of hydroxylamine groups is 2. The Morgan fingerprint density at radius 2 is 1.73 bits per heavy atom. The number of epoxide rings is 1. The first-order valence-electron chi connectivity index (χ1n) is 16.9. The lowest BCUT2D eigenvalue weighted by atomic mass is 9.56. The summed E-state index contributed by atoms with van der Waals surface area (Å²) < 4.78 is 6.35. The maximum atomic E-state index is 13.9. The lowest BCUT2D eigenvalue weighted by Gasteiger charge is -2.48. The molecule has 15 atom stereocenters. The van der Waals surface area contributed by atoms with Crippen LogP contribution in [0.1, 0.15) is 80.1 Å². The van der Waals surface area contributed by atoms with E-state index in [9.17, 15) is 35.1 Å². The van der Waals surface area contributed by atoms with E-state index in [1.165, 1.54) is 0 Å². The quantitative estimate of drug-likeness (QED) is 0.178. The van der Waals surface area contributed by atoms with E-state index in [1.54, 1.807) is 26.8 Å². The molecule has 2 saturated heterocycles. The summed E-state index contributed by atoms with van der Waals surface area (Å²) in [7, 11) is 0. The van der Waals surface area contributed by atoms with Gasteiger partial charge in [0, 0.05) is 11.8 Å². The predicted molar refractivity (Wildman–Crippen MR) is 166 cm³/mol. The molecule has 6 rings (SSSR count). The molecule has 2 aliphatic carbocycles. The summed E-state index contributed by atoms with van der Waals surface area (Å²) in [4.78, 5) is 33.2. The van der Waals surface area contributed by atoms with Crippen LogP contribution in [-0.4, -0.2) is 91.1 Å². The number of Topliss-reactive ketones (excluding diaryl/α,β-unsaturated/α-hetero) is 1. The number of hydrogen-bond acceptors (Lipinski definition) is 10. The highest BCUT2D eigenvalue weighted by Crippen LogP contribution is 2.58. The number of carbonyl (C=O) groups excluding carboxylic acids is 2. The van der Waals surface area contributed by atoms with Crippen LogP contribution in [0.4, 0.5) is 0 Å². The third-order valence-electron chi connectivity index (χ3n) is 11.7. The molecule has 0 radical (unpaired) electrons. The van der Waals surface area contributed by atoms with Gasteiger partial charge >= 0.3 is 5.97 Å². The summed E-state index contributed by atoms with van der Waals surface area (Å²) >= 11 is 0. The van der Waals surface area contributed by atoms with Gasteiger partial charge in [0.15, 0.2) is 5.78 Å². The van der Waals surface area contributed by atoms with Crippen LogP contribution in [0.15, 0.2) is 35.1 Å². The Balaban J connectivity index is 1.58. The summed E-state index contributed by atoms with van der Waals surface area (Å²) in [6.07, 6.45) is 4.64. The standard InChI is InChI=1S/C35H53NO9/c1-7-18(3)29(38)32(41)28-33(42)30(39)19(4)10-8-9-11-24-35(6,44-24)22-13-12-21-15-17(2)14-20(5)25(21)26(22)31(40)27-23(37)16-36(28)45-34(27)43/h7,12-13,17,19-22,24-26,28-30,32-33,38-42H,8-11,14-16H2,1-6H3/b18-7+,31-27+/t17-,19-,20+,21-,22-,24-,25+,26+,28-,29-,30+,32+,33+,35-/m0/s1. The second kappa shape index (κ2) is 13.2. The van der Waals surface area contributed by atoms with Crippen LogP contribution < -0.4 is 0 Å². The zero-order valence-electron chi connectivity index (χ0n) is 27.5. The fraction of sp³-hybridized carbons (Fsp3) is 0.771. The maximum Gasteiger partial charge on any atom is 0.364 e. The lowest BCUT2D eigenvalue weighted by molar-refractivity contribution is -0.238. The van der Waals surface area contributed by atoms with Gasteiger partial charge in [0.25, 0.3) is 0 Å². The fourth-order valence-electron chi connectivity index (χ4n) is 8.97. The molecule has 10 nitrogen and oxygen atoms in total. The molecule has 6 aliphatic rings. The van der Waals surface area contributed by atoms with Crippen molar-refractivity contribution < 1.29 is 44.7 Å². The normalized spacial score (nSPS) is 47.6. The minimum absolute atomic E-state index is 0.00238. The molecule has 1 unspecified atom stereocenters. The smallest absolute Gasteiger partial charge is 0.364 e. The number of aliphatic hydroxyl groups excluding tert-OH is 5. The number of aliphatic hydroxyl groups is 5. The minimum atomic E-state index is -1.71. The molecule has 5 N–H and O–H groups in total. The van der Waals surface area contributed by atoms with E-state index in [1.807, 2.05) is 0 Å². The second-order valence-electron chi connectivity index (χ2n) is 14.9. The zero-order valence-corrected chi connectivity index (χ0v) is 27.5. The molecule has 4 aliphatic heterocycles. The monoisotopic (exact) mass is 631 g/mol. The van der Waals surface area contributed by atoms with Gasteiger partial charge in [-0.25, -0.2) is 4.79 Å². The number of nitrogens with zero attached hydrogens (tertiary/aromatic N) is 1. The Labute approximate surface area is 266 Å². The highest BCUT2D eigenvalue weighted by atomic mass is 16.7. The number of hydrogen-bond donors (Lipinski definition) is 5. The molecule has 0 aromatic carbocycles. The van der Waals surface area contributed by atoms with Crippen molar-refractivity contribution in [1.82, 2.24) is 5.06 Å². The third kappa shape index (κ3) is 6.31. The summed E-state index contributed by atoms with van der Waals surface area (Å²) in [5, 5.41) is 57.7. The molecule has 45 heavy (non-hydrogen) atoms. The van der Waals surface area contributed by atoms with E-state index >= 15 is 0 Å². The summed E-state index contributed by atoms with van der Waals surface area (Å²) in [6.45, 7) is 11.0. The largest absolute Gasteiger partial charge is 0.511 e. The van der Waals surface area contributed by atoms with Crippen molar-refractivity contribution >= 4 is 11.8 Å². The van der Waals surface area contributed by atoms with E-state index in [4.69, 9.17) is 9.57 Å². The van der Waals surface area contributed by atoms with Crippen molar-refractivity contribution in [3.8, 4) is 0 Å². The van der Waals surface area contributed by atoms with Crippen LogP contribution in [0.3, 0.4) is 0 Å². The number of rotatable bonds is 3. The van der Waals surface area contributed by atoms with Crippen molar-refractivity contribution in [1.29, 1.82) is 0 Å². The molecule has 0 spiro atoms. The third-order valence-corrected chi connectivity index (χ3v) is 11.7. The van der Waals surface area contributed by atoms with Crippen molar-refractivity contribution in [3.63, 3.8) is 0 Å². The van der Waals surface area contributed by atoms with Gasteiger partial charge in [0.2, 0.25) is 0 Å². The Bertz CT molecular complexity index is 1210. The van der Waals surface area contributed by atoms with E-state index in [2.05, 4.69) is 32.9 Å². The van der Waals surface area contributed by atoms with Crippen LogP contribution in [0.25, 0.3) is 0 Å². The maximum absolute atomic E-state index is 13.9. The Morgan fingerprint density at radius 3 is 2.40 bits per heavy atom. The molecule has 0 aromatic heterocycles. The Kier molecular flexibility index (Phi) is 10.1. The van der Waals surface area contributed by atoms with Crippen molar-refractivity contribution in [3.05, 3.63) is 35.1 Å². The van der Waals surface area contributed by atoms with E-state index < -0.39 is 71.8 Å². The highest BCUT2D eigenvalue weighted by molar-refractivity contribution is 6.19. The molecule has 3 fully saturated rings. The summed E-state index contributed by atoms with van der Waals surface area (Å²) in [6, 6.07) is -1.52. The molecule has 0 amide bonds. The first kappa shape index (κ1) is 34.3. The van der Waals surface area contributed by atoms with Crippen molar-refractivity contribution in [2.24, 2.45) is 41.4 Å². The number of carbonyl (C=O) groups is 2. The fourth-order valence-corrected chi connectivity index (χ4v) is 8.97. The van der Waals surface area contributed by atoms with Gasteiger partial charge in [0.1, 0.15) is 35.7 Å². The Morgan fingerprint density at radius 1 is 1.04 bits per heavy atom. The first-order valence-corrected chi connectivity index (χ1v) is 16.9. The molecular weight excluding hydrogens is 578 g/mol. The number of allylic oxidation sites excluding steroid dienone is 3. The lowest BCUT2D eigenvalue weighted by Crippen LogP contribution is -2.62. The summed E-state index contributed by atoms with van der Waals surface area (Å²) in [5.41, 5.74) is -0.583. The van der Waals surface area contributed by atoms with Crippen LogP contribution >= 0.6 is 0 Å². The minimum Gasteiger partial charge on any atom is -0.511 e. The van der Waals surface area contributed by atoms with Gasteiger partial charge in [-0.05, 0) is 81.6 Å². The van der Waals surface area contributed by atoms with E-state index in [0.717, 1.165) is 37.2 Å². The van der Waals surface area contributed by atoms with Gasteiger partial charge in [-0.3, -0.25) is 4.79 Å². The molecule has 1 saturated carbocycles. The van der Waals surface area contributed by atoms with Crippen LogP contribution in [0, 0.1) is 41.4 Å². The zero-order chi connectivity index (χ0) is 33.0. The van der Waals surface area contributed by atoms with Gasteiger partial charge in [-0.2, -0.15) is 0 Å². The average molecular weight is 632 g/mol. The van der Waals surface area contributed by atoms with Crippen LogP contribution in [0.5, 0.6) is 0 Å². The molecular formula is C35H53NO9. The summed E-state index contributed by atoms with van der Waals surface area (Å²) in [5.74, 6) is -2.34. The van der Waals surface area contributed by atoms with Gasteiger partial charge in [0.05, 0.1) is 24.4 Å². The number of ether oxygens (including phenoxy) is 1. The average Bonchev–Trinajstić information content (AvgIpc) is 3.66. The van der Waals surface area contributed by atoms with E-state index in [-0.39, 0.29) is 35.5 Å². The van der Waals surface area contributed by atoms with Crippen LogP contribution in [0.2, 0.25) is 0 Å². The van der Waals surface area contributed by atoms with E-state index in [0.29, 0.717) is 17.9 Å². The van der Waals surface area contributed by atoms with Crippen LogP contribution in [-0.2, 0) is 19.2 Å². The molecule has 4 heterocycles. The van der Waals surface area contributed by atoms with Gasteiger partial charge < -0.3 is 35.1 Å². The first-order chi connectivity index (χ1) is 21.2. The SMILES string of the molecule is C/C=C(\C)[C@H](O)[C@H](O)[C@H]1[C@@H](O)[C@H](O)[C@@H](C)CCCC[C@@H]2O[C@@]2(C)[C@H]2C=C[C@H]3C[C@@H](C)C[C@@H](C)[C@H]3[C@@H]2/C(O)=C2/C(=O)CN1OC2=O. The van der Waals surface area contributed by atoms with Gasteiger partial charge in [-0.1, -0.05) is 51.8 Å². The molecule has 252 valence electrons. The number of ketones is 1. The predicted octanol–water partition coefficient (Wildman–Crippen LogP) is 3.39. The van der Waals surface area contributed by atoms with Gasteiger partial charge in [-0.15, -0.1) is 5.06 Å².